The Morgan fingerprint density at radius 1 is 1.41 bits per heavy atom. The van der Waals surface area contributed by atoms with Crippen LogP contribution in [0.2, 0.25) is 5.02 Å². The van der Waals surface area contributed by atoms with Crippen molar-refractivity contribution < 1.29 is 4.79 Å². The Bertz CT molecular complexity index is 405. The van der Waals surface area contributed by atoms with Gasteiger partial charge in [-0.25, -0.2) is 0 Å². The summed E-state index contributed by atoms with van der Waals surface area (Å²) in [5.41, 5.74) is 0.577. The molecule has 1 saturated carbocycles. The summed E-state index contributed by atoms with van der Waals surface area (Å²) in [5.74, 6) is 0.839. The van der Waals surface area contributed by atoms with E-state index in [0.717, 1.165) is 12.2 Å². The molecule has 0 aromatic heterocycles. The molecule has 1 aliphatic carbocycles. The molecule has 1 nitrogen and oxygen atoms in total. The number of carbonyl (C=O) groups excluding carboxylic acids is 1. The lowest BCUT2D eigenvalue weighted by Gasteiger charge is -2.26. The van der Waals surface area contributed by atoms with Gasteiger partial charge in [0, 0.05) is 15.7 Å². The normalized spacial score (nSPS) is 24.6. The lowest BCUT2D eigenvalue weighted by Crippen LogP contribution is -2.14. The van der Waals surface area contributed by atoms with Crippen LogP contribution in [0.4, 0.5) is 0 Å². The van der Waals surface area contributed by atoms with Gasteiger partial charge in [0.25, 0.3) is 0 Å². The van der Waals surface area contributed by atoms with Crippen LogP contribution < -0.4 is 0 Å². The number of hydrogen-bond acceptors (Lipinski definition) is 2. The van der Waals surface area contributed by atoms with Crippen LogP contribution in [0.1, 0.15) is 43.0 Å². The summed E-state index contributed by atoms with van der Waals surface area (Å²) in [4.78, 5) is 11.9. The minimum atomic E-state index is 0.564. The number of benzene rings is 1. The van der Waals surface area contributed by atoms with Gasteiger partial charge in [0.1, 0.15) is 0 Å². The second-order valence-electron chi connectivity index (χ2n) is 4.81. The summed E-state index contributed by atoms with van der Waals surface area (Å²) >= 11 is 7.93. The van der Waals surface area contributed by atoms with Crippen LogP contribution in [-0.2, 0) is 0 Å². The van der Waals surface area contributed by atoms with Crippen LogP contribution in [0, 0.1) is 5.92 Å². The summed E-state index contributed by atoms with van der Waals surface area (Å²) in [7, 11) is 0. The number of hydrogen-bond donors (Lipinski definition) is 0. The maximum Gasteiger partial charge on any atom is 0.151 e. The van der Waals surface area contributed by atoms with Gasteiger partial charge in [-0.3, -0.25) is 4.79 Å². The first kappa shape index (κ1) is 13.0. The van der Waals surface area contributed by atoms with Crippen LogP contribution in [0.3, 0.4) is 0 Å². The Balaban J connectivity index is 2.03. The molecule has 0 heterocycles. The molecule has 0 aliphatic heterocycles. The summed E-state index contributed by atoms with van der Waals surface area (Å²) in [6.07, 6.45) is 6.08. The fourth-order valence-corrected chi connectivity index (χ4v) is 4.07. The Hall–Kier alpha value is -0.470. The molecule has 0 saturated heterocycles. The standard InChI is InChI=1S/C14H17ClOS/c1-10-3-2-4-12(7-10)17-13-6-5-11(9-16)14(15)8-13/h5-6,8-10,12H,2-4,7H2,1H3. The summed E-state index contributed by atoms with van der Waals surface area (Å²) in [6, 6.07) is 5.72. The maximum atomic E-state index is 10.7. The highest BCUT2D eigenvalue weighted by molar-refractivity contribution is 8.00. The molecule has 1 fully saturated rings. The molecule has 1 aromatic carbocycles. The molecule has 92 valence electrons. The molecular weight excluding hydrogens is 252 g/mol. The SMILES string of the molecule is CC1CCCC(Sc2ccc(C=O)c(Cl)c2)C1. The zero-order chi connectivity index (χ0) is 12.3. The van der Waals surface area contributed by atoms with E-state index in [1.807, 2.05) is 30.0 Å². The second-order valence-corrected chi connectivity index (χ2v) is 6.59. The van der Waals surface area contributed by atoms with E-state index >= 15 is 0 Å². The number of halogens is 1. The van der Waals surface area contributed by atoms with Crippen LogP contribution in [0.5, 0.6) is 0 Å². The highest BCUT2D eigenvalue weighted by Crippen LogP contribution is 2.37. The predicted molar refractivity (Wildman–Crippen MR) is 74.1 cm³/mol. The average Bonchev–Trinajstić information content (AvgIpc) is 2.29. The van der Waals surface area contributed by atoms with Gasteiger partial charge in [0.05, 0.1) is 5.02 Å². The van der Waals surface area contributed by atoms with E-state index in [0.29, 0.717) is 15.8 Å². The molecule has 0 N–H and O–H groups in total. The fraction of sp³-hybridized carbons (Fsp3) is 0.500. The number of rotatable bonds is 3. The maximum absolute atomic E-state index is 10.7. The lowest BCUT2D eigenvalue weighted by atomic mass is 9.91. The van der Waals surface area contributed by atoms with Gasteiger partial charge in [-0.15, -0.1) is 11.8 Å². The Kier molecular flexibility index (Phi) is 4.52. The van der Waals surface area contributed by atoms with Crippen molar-refractivity contribution in [2.45, 2.75) is 42.8 Å². The van der Waals surface area contributed by atoms with Gasteiger partial charge in [-0.1, -0.05) is 31.4 Å². The van der Waals surface area contributed by atoms with Crippen molar-refractivity contribution in [3.05, 3.63) is 28.8 Å². The molecule has 0 amide bonds. The highest BCUT2D eigenvalue weighted by Gasteiger charge is 2.19. The van der Waals surface area contributed by atoms with Crippen molar-refractivity contribution >= 4 is 29.6 Å². The quantitative estimate of drug-likeness (QED) is 0.731. The third kappa shape index (κ3) is 3.49. The molecule has 17 heavy (non-hydrogen) atoms. The van der Waals surface area contributed by atoms with Crippen molar-refractivity contribution in [1.82, 2.24) is 0 Å². The van der Waals surface area contributed by atoms with Crippen LogP contribution in [0.25, 0.3) is 0 Å². The molecule has 0 spiro atoms. The molecule has 2 atom stereocenters. The van der Waals surface area contributed by atoms with E-state index in [9.17, 15) is 4.79 Å². The van der Waals surface area contributed by atoms with Crippen molar-refractivity contribution in [2.75, 3.05) is 0 Å². The Labute approximate surface area is 112 Å². The van der Waals surface area contributed by atoms with Gasteiger partial charge >= 0.3 is 0 Å². The fourth-order valence-electron chi connectivity index (χ4n) is 2.35. The van der Waals surface area contributed by atoms with E-state index in [1.54, 1.807) is 0 Å². The predicted octanol–water partition coefficient (Wildman–Crippen LogP) is 4.82. The smallest absolute Gasteiger partial charge is 0.151 e. The summed E-state index contributed by atoms with van der Waals surface area (Å²) < 4.78 is 0. The molecule has 3 heteroatoms. The second kappa shape index (κ2) is 5.92. The first-order valence-electron chi connectivity index (χ1n) is 6.10. The molecule has 1 aliphatic rings. The van der Waals surface area contributed by atoms with E-state index in [1.165, 1.54) is 30.6 Å². The topological polar surface area (TPSA) is 17.1 Å². The molecule has 0 radical (unpaired) electrons. The first-order valence-corrected chi connectivity index (χ1v) is 7.36. The van der Waals surface area contributed by atoms with Gasteiger partial charge in [-0.05, 0) is 37.0 Å². The minimum Gasteiger partial charge on any atom is -0.298 e. The van der Waals surface area contributed by atoms with Gasteiger partial charge < -0.3 is 0 Å². The van der Waals surface area contributed by atoms with Crippen LogP contribution >= 0.6 is 23.4 Å². The van der Waals surface area contributed by atoms with E-state index in [-0.39, 0.29) is 0 Å². The number of aldehydes is 1. The van der Waals surface area contributed by atoms with E-state index in [2.05, 4.69) is 6.92 Å². The summed E-state index contributed by atoms with van der Waals surface area (Å²) in [6.45, 7) is 2.33. The van der Waals surface area contributed by atoms with Crippen LogP contribution in [-0.4, -0.2) is 11.5 Å². The number of carbonyl (C=O) groups is 1. The largest absolute Gasteiger partial charge is 0.298 e. The van der Waals surface area contributed by atoms with Crippen LogP contribution in [0.15, 0.2) is 23.1 Å². The van der Waals surface area contributed by atoms with Gasteiger partial charge in [-0.2, -0.15) is 0 Å². The monoisotopic (exact) mass is 268 g/mol. The van der Waals surface area contributed by atoms with Crippen molar-refractivity contribution in [2.24, 2.45) is 5.92 Å². The van der Waals surface area contributed by atoms with E-state index in [4.69, 9.17) is 11.6 Å². The van der Waals surface area contributed by atoms with E-state index < -0.39 is 0 Å². The van der Waals surface area contributed by atoms with Crippen molar-refractivity contribution in [3.8, 4) is 0 Å². The zero-order valence-electron chi connectivity index (χ0n) is 9.99. The number of thioether (sulfide) groups is 1. The van der Waals surface area contributed by atoms with Crippen molar-refractivity contribution in [1.29, 1.82) is 0 Å². The van der Waals surface area contributed by atoms with Crippen molar-refractivity contribution in [3.63, 3.8) is 0 Å². The first-order chi connectivity index (χ1) is 8.19. The Morgan fingerprint density at radius 2 is 2.24 bits per heavy atom. The third-order valence-electron chi connectivity index (χ3n) is 3.29. The highest BCUT2D eigenvalue weighted by atomic mass is 35.5. The Morgan fingerprint density at radius 3 is 2.88 bits per heavy atom. The summed E-state index contributed by atoms with van der Waals surface area (Å²) in [5, 5.41) is 1.27. The van der Waals surface area contributed by atoms with Gasteiger partial charge in [0.2, 0.25) is 0 Å². The molecular formula is C14H17ClOS. The third-order valence-corrected chi connectivity index (χ3v) is 4.90. The minimum absolute atomic E-state index is 0.564. The zero-order valence-corrected chi connectivity index (χ0v) is 11.6. The molecule has 0 bridgehead atoms. The average molecular weight is 269 g/mol. The molecule has 1 aromatic rings. The lowest BCUT2D eigenvalue weighted by molar-refractivity contribution is 0.112. The molecule has 2 rings (SSSR count). The van der Waals surface area contributed by atoms with Gasteiger partial charge in [0.15, 0.2) is 6.29 Å². The molecule has 2 unspecified atom stereocenters.